The van der Waals surface area contributed by atoms with E-state index in [-0.39, 0.29) is 12.1 Å². The maximum Gasteiger partial charge on any atom is 0.161 e. The van der Waals surface area contributed by atoms with Gasteiger partial charge in [0.15, 0.2) is 23.0 Å². The summed E-state index contributed by atoms with van der Waals surface area (Å²) in [4.78, 5) is 0. The number of nitrogens with two attached hydrogens (primary N) is 2. The summed E-state index contributed by atoms with van der Waals surface area (Å²) in [7, 11) is 0. The third kappa shape index (κ3) is 9.02. The molecule has 3 rings (SSSR count). The van der Waals surface area contributed by atoms with Crippen molar-refractivity contribution in [1.29, 1.82) is 0 Å². The molecule has 0 bridgehead atoms. The Labute approximate surface area is 202 Å². The molecule has 0 spiro atoms. The van der Waals surface area contributed by atoms with Crippen molar-refractivity contribution in [3.63, 3.8) is 0 Å². The Morgan fingerprint density at radius 3 is 1.26 bits per heavy atom. The number of ether oxygens (including phenoxy) is 6. The molecule has 8 heteroatoms. The Balaban J connectivity index is 1.61. The molecule has 2 unspecified atom stereocenters. The minimum atomic E-state index is 0.0677. The van der Waals surface area contributed by atoms with Crippen LogP contribution in [0.3, 0.4) is 0 Å². The molecular weight excluding hydrogens is 436 g/mol. The number of benzene rings is 2. The maximum atomic E-state index is 5.95. The van der Waals surface area contributed by atoms with E-state index in [1.54, 1.807) is 0 Å². The van der Waals surface area contributed by atoms with Gasteiger partial charge < -0.3 is 39.9 Å². The van der Waals surface area contributed by atoms with E-state index in [0.29, 0.717) is 75.9 Å². The largest absolute Gasteiger partial charge is 0.487 e. The zero-order valence-corrected chi connectivity index (χ0v) is 20.3. The Bertz CT molecular complexity index is 803. The lowest BCUT2D eigenvalue weighted by Crippen LogP contribution is -2.18. The predicted octanol–water partition coefficient (Wildman–Crippen LogP) is 2.73. The molecule has 0 fully saturated rings. The fraction of sp³-hybridized carbons (Fsp3) is 0.538. The Hall–Kier alpha value is -2.52. The Morgan fingerprint density at radius 1 is 0.559 bits per heavy atom. The van der Waals surface area contributed by atoms with Crippen molar-refractivity contribution in [2.45, 2.75) is 38.8 Å². The van der Waals surface area contributed by atoms with Gasteiger partial charge in [-0.15, -0.1) is 0 Å². The highest BCUT2D eigenvalue weighted by molar-refractivity contribution is 5.44. The summed E-state index contributed by atoms with van der Waals surface area (Å²) in [5.74, 6) is 2.71. The van der Waals surface area contributed by atoms with Crippen LogP contribution < -0.4 is 30.4 Å². The van der Waals surface area contributed by atoms with E-state index in [2.05, 4.69) is 0 Å². The molecule has 8 nitrogen and oxygen atoms in total. The van der Waals surface area contributed by atoms with Crippen molar-refractivity contribution in [3.05, 3.63) is 47.5 Å². The van der Waals surface area contributed by atoms with Crippen LogP contribution in [0, 0.1) is 0 Å². The molecule has 0 aromatic heterocycles. The van der Waals surface area contributed by atoms with Crippen LogP contribution in [0.4, 0.5) is 0 Å². The molecule has 0 radical (unpaired) electrons. The summed E-state index contributed by atoms with van der Waals surface area (Å²) in [5.41, 5.74) is 14.1. The normalized spacial score (nSPS) is 17.8. The highest BCUT2D eigenvalue weighted by atomic mass is 16.6. The average Bonchev–Trinajstić information content (AvgIpc) is 2.78. The van der Waals surface area contributed by atoms with Crippen molar-refractivity contribution < 1.29 is 28.4 Å². The summed E-state index contributed by atoms with van der Waals surface area (Å²) < 4.78 is 35.1. The quantitative estimate of drug-likeness (QED) is 0.697. The third-order valence-electron chi connectivity index (χ3n) is 5.07. The molecule has 2 aromatic carbocycles. The van der Waals surface area contributed by atoms with E-state index in [9.17, 15) is 0 Å². The van der Waals surface area contributed by atoms with Crippen molar-refractivity contribution >= 4 is 0 Å². The first-order valence-corrected chi connectivity index (χ1v) is 11.9. The van der Waals surface area contributed by atoms with Crippen molar-refractivity contribution in [2.24, 2.45) is 11.5 Å². The summed E-state index contributed by atoms with van der Waals surface area (Å²) in [6, 6.07) is 11.9. The Morgan fingerprint density at radius 2 is 0.912 bits per heavy atom. The van der Waals surface area contributed by atoms with Crippen LogP contribution in [0.5, 0.6) is 23.0 Å². The van der Waals surface area contributed by atoms with E-state index in [4.69, 9.17) is 39.9 Å². The van der Waals surface area contributed by atoms with Gasteiger partial charge in [0, 0.05) is 12.1 Å². The minimum absolute atomic E-state index is 0.0677. The van der Waals surface area contributed by atoms with E-state index in [1.807, 2.05) is 50.2 Å². The lowest BCUT2D eigenvalue weighted by Gasteiger charge is -2.17. The molecule has 1 aliphatic heterocycles. The third-order valence-corrected chi connectivity index (χ3v) is 5.07. The fourth-order valence-electron chi connectivity index (χ4n) is 3.61. The number of hydrogen-bond acceptors (Lipinski definition) is 8. The van der Waals surface area contributed by atoms with Crippen LogP contribution in [0.25, 0.3) is 0 Å². The van der Waals surface area contributed by atoms with E-state index < -0.39 is 0 Å². The van der Waals surface area contributed by atoms with Crippen LogP contribution >= 0.6 is 0 Å². The summed E-state index contributed by atoms with van der Waals surface area (Å²) in [6.45, 7) is 7.28. The maximum absolute atomic E-state index is 5.95. The molecule has 0 saturated carbocycles. The first kappa shape index (κ1) is 26.1. The highest BCUT2D eigenvalue weighted by Crippen LogP contribution is 2.30. The van der Waals surface area contributed by atoms with Gasteiger partial charge in [0.05, 0.1) is 26.4 Å². The highest BCUT2D eigenvalue weighted by Gasteiger charge is 2.11. The smallest absolute Gasteiger partial charge is 0.161 e. The van der Waals surface area contributed by atoms with Gasteiger partial charge in [0.25, 0.3) is 0 Å². The second-order valence-electron chi connectivity index (χ2n) is 8.54. The average molecular weight is 475 g/mol. The molecule has 0 amide bonds. The summed E-state index contributed by atoms with van der Waals surface area (Å²) in [6.07, 6.45) is 1.53. The number of fused-ring (bicyclic) bond motifs is 2. The SMILES string of the molecule is CC(N)Cc1ccc2c(c1)OCCOCCOc1ccc(CC(C)N)cc1OCCOCCO2. The second-order valence-corrected chi connectivity index (χ2v) is 8.54. The van der Waals surface area contributed by atoms with Crippen molar-refractivity contribution in [1.82, 2.24) is 0 Å². The van der Waals surface area contributed by atoms with Gasteiger partial charge in [-0.3, -0.25) is 0 Å². The standard InChI is InChI=1S/C26H38N2O6/c1-19(27)15-21-3-5-23-25(17-21)33-13-9-29-8-12-32-24-6-4-22(16-20(2)28)18-26(24)34-14-10-30-7-11-31-23/h3-6,17-20H,7-16,27-28H2,1-2H3. The lowest BCUT2D eigenvalue weighted by molar-refractivity contribution is 0.0640. The molecule has 1 aliphatic rings. The van der Waals surface area contributed by atoms with Gasteiger partial charge in [-0.05, 0) is 62.1 Å². The number of hydrogen-bond donors (Lipinski definition) is 2. The van der Waals surface area contributed by atoms with Gasteiger partial charge in [-0.2, -0.15) is 0 Å². The molecule has 4 N–H and O–H groups in total. The van der Waals surface area contributed by atoms with Crippen LogP contribution in [0.1, 0.15) is 25.0 Å². The fourth-order valence-corrected chi connectivity index (χ4v) is 3.61. The molecule has 1 heterocycles. The van der Waals surface area contributed by atoms with E-state index in [1.165, 1.54) is 0 Å². The van der Waals surface area contributed by atoms with Gasteiger partial charge in [0.2, 0.25) is 0 Å². The number of rotatable bonds is 4. The monoisotopic (exact) mass is 474 g/mol. The predicted molar refractivity (Wildman–Crippen MR) is 131 cm³/mol. The summed E-state index contributed by atoms with van der Waals surface area (Å²) in [5, 5.41) is 0. The zero-order chi connectivity index (χ0) is 24.2. The zero-order valence-electron chi connectivity index (χ0n) is 20.3. The van der Waals surface area contributed by atoms with Crippen LogP contribution in [-0.2, 0) is 22.3 Å². The van der Waals surface area contributed by atoms with Gasteiger partial charge in [-0.25, -0.2) is 0 Å². The lowest BCUT2D eigenvalue weighted by atomic mass is 10.1. The van der Waals surface area contributed by atoms with Crippen LogP contribution in [0.15, 0.2) is 36.4 Å². The van der Waals surface area contributed by atoms with E-state index >= 15 is 0 Å². The minimum Gasteiger partial charge on any atom is -0.487 e. The molecular formula is C26H38N2O6. The molecule has 188 valence electrons. The molecule has 2 aromatic rings. The van der Waals surface area contributed by atoms with Crippen molar-refractivity contribution in [3.8, 4) is 23.0 Å². The van der Waals surface area contributed by atoms with Crippen molar-refractivity contribution in [2.75, 3.05) is 52.9 Å². The first-order chi connectivity index (χ1) is 16.5. The topological polar surface area (TPSA) is 107 Å². The summed E-state index contributed by atoms with van der Waals surface area (Å²) >= 11 is 0. The second kappa shape index (κ2) is 14.0. The Kier molecular flexibility index (Phi) is 10.8. The molecule has 0 saturated heterocycles. The van der Waals surface area contributed by atoms with Crippen LogP contribution in [0.2, 0.25) is 0 Å². The van der Waals surface area contributed by atoms with E-state index in [0.717, 1.165) is 24.0 Å². The van der Waals surface area contributed by atoms with Gasteiger partial charge >= 0.3 is 0 Å². The van der Waals surface area contributed by atoms with Gasteiger partial charge in [0.1, 0.15) is 26.4 Å². The molecule has 2 atom stereocenters. The molecule has 34 heavy (non-hydrogen) atoms. The molecule has 0 aliphatic carbocycles. The first-order valence-electron chi connectivity index (χ1n) is 11.9. The van der Waals surface area contributed by atoms with Crippen LogP contribution in [-0.4, -0.2) is 64.9 Å². The van der Waals surface area contributed by atoms with Gasteiger partial charge in [-0.1, -0.05) is 12.1 Å².